The Morgan fingerprint density at radius 3 is 2.68 bits per heavy atom. The van der Waals surface area contributed by atoms with Crippen molar-refractivity contribution in [2.75, 3.05) is 13.7 Å². The first kappa shape index (κ1) is 16.4. The minimum atomic E-state index is -0.0390. The van der Waals surface area contributed by atoms with Gasteiger partial charge in [-0.05, 0) is 37.5 Å². The van der Waals surface area contributed by atoms with Crippen LogP contribution in [0.3, 0.4) is 0 Å². The fourth-order valence-electron chi connectivity index (χ4n) is 3.03. The van der Waals surface area contributed by atoms with Gasteiger partial charge in [-0.2, -0.15) is 0 Å². The summed E-state index contributed by atoms with van der Waals surface area (Å²) in [4.78, 5) is 12.4. The second kappa shape index (κ2) is 6.71. The van der Waals surface area contributed by atoms with E-state index >= 15 is 0 Å². The second-order valence-corrected chi connectivity index (χ2v) is 6.59. The van der Waals surface area contributed by atoms with Gasteiger partial charge in [0.05, 0.1) is 0 Å². The van der Waals surface area contributed by atoms with E-state index in [1.54, 1.807) is 7.11 Å². The third kappa shape index (κ3) is 3.93. The van der Waals surface area contributed by atoms with Crippen LogP contribution in [-0.2, 0) is 9.53 Å². The van der Waals surface area contributed by atoms with E-state index in [1.165, 1.54) is 0 Å². The molecule has 3 N–H and O–H groups in total. The molecule has 0 bridgehead atoms. The Bertz CT molecular complexity index is 305. The van der Waals surface area contributed by atoms with E-state index in [0.29, 0.717) is 12.5 Å². The number of methoxy groups -OCH3 is 1. The molecular formula is C15H30N2O2. The summed E-state index contributed by atoms with van der Waals surface area (Å²) in [6, 6.07) is 0.374. The third-order valence-corrected chi connectivity index (χ3v) is 4.96. The van der Waals surface area contributed by atoms with Crippen LogP contribution in [0.1, 0.15) is 47.0 Å². The minimum absolute atomic E-state index is 0.0390. The van der Waals surface area contributed by atoms with Crippen molar-refractivity contribution >= 4 is 5.91 Å². The normalized spacial score (nSPS) is 31.8. The lowest BCUT2D eigenvalue weighted by Gasteiger charge is -2.46. The summed E-state index contributed by atoms with van der Waals surface area (Å²) in [5.41, 5.74) is 6.10. The van der Waals surface area contributed by atoms with Gasteiger partial charge in [-0.15, -0.1) is 0 Å². The van der Waals surface area contributed by atoms with E-state index in [1.807, 2.05) is 6.92 Å². The maximum atomic E-state index is 12.4. The van der Waals surface area contributed by atoms with Crippen LogP contribution < -0.4 is 11.1 Å². The van der Waals surface area contributed by atoms with Crippen molar-refractivity contribution in [3.63, 3.8) is 0 Å². The Hall–Kier alpha value is -0.610. The highest BCUT2D eigenvalue weighted by atomic mass is 16.5. The van der Waals surface area contributed by atoms with Gasteiger partial charge in [-0.1, -0.05) is 20.8 Å². The number of amides is 1. The Kier molecular flexibility index (Phi) is 5.81. The number of hydrogen-bond acceptors (Lipinski definition) is 3. The molecule has 1 aliphatic rings. The predicted octanol–water partition coefficient (Wildman–Crippen LogP) is 1.93. The lowest BCUT2D eigenvalue weighted by molar-refractivity contribution is -0.133. The summed E-state index contributed by atoms with van der Waals surface area (Å²) in [6.07, 6.45) is 2.68. The molecule has 1 rings (SSSR count). The van der Waals surface area contributed by atoms with Crippen LogP contribution in [0.5, 0.6) is 0 Å². The summed E-state index contributed by atoms with van der Waals surface area (Å²) in [5.74, 6) is 0.603. The van der Waals surface area contributed by atoms with Gasteiger partial charge in [0.2, 0.25) is 5.91 Å². The highest BCUT2D eigenvalue weighted by molar-refractivity contribution is 5.79. The lowest BCUT2D eigenvalue weighted by atomic mass is 9.61. The molecule has 4 atom stereocenters. The molecule has 0 saturated heterocycles. The summed E-state index contributed by atoms with van der Waals surface area (Å²) in [6.45, 7) is 9.21. The predicted molar refractivity (Wildman–Crippen MR) is 77.7 cm³/mol. The molecule has 1 fully saturated rings. The van der Waals surface area contributed by atoms with Gasteiger partial charge in [-0.25, -0.2) is 0 Å². The average molecular weight is 270 g/mol. The molecule has 0 radical (unpaired) electrons. The first-order valence-corrected chi connectivity index (χ1v) is 7.35. The molecule has 4 nitrogen and oxygen atoms in total. The average Bonchev–Trinajstić information content (AvgIpc) is 2.33. The van der Waals surface area contributed by atoms with Gasteiger partial charge in [0.25, 0.3) is 0 Å². The number of nitrogens with one attached hydrogen (secondary N) is 1. The molecule has 1 amide bonds. The topological polar surface area (TPSA) is 64.3 Å². The molecule has 112 valence electrons. The molecule has 0 aromatic carbocycles. The van der Waals surface area contributed by atoms with Crippen molar-refractivity contribution in [1.82, 2.24) is 5.32 Å². The van der Waals surface area contributed by atoms with Crippen molar-refractivity contribution in [1.29, 1.82) is 0 Å². The molecule has 1 saturated carbocycles. The smallest absolute Gasteiger partial charge is 0.223 e. The number of carbonyl (C=O) groups is 1. The maximum absolute atomic E-state index is 12.4. The quantitative estimate of drug-likeness (QED) is 0.802. The van der Waals surface area contributed by atoms with Gasteiger partial charge >= 0.3 is 0 Å². The Balaban J connectivity index is 2.61. The number of ether oxygens (including phenoxy) is 1. The van der Waals surface area contributed by atoms with Crippen molar-refractivity contribution in [3.8, 4) is 0 Å². The molecule has 0 aliphatic heterocycles. The Morgan fingerprint density at radius 1 is 1.47 bits per heavy atom. The number of hydrogen-bond donors (Lipinski definition) is 2. The van der Waals surface area contributed by atoms with E-state index in [9.17, 15) is 4.79 Å². The highest BCUT2D eigenvalue weighted by Crippen LogP contribution is 2.44. The Labute approximate surface area is 117 Å². The molecule has 1 aliphatic carbocycles. The van der Waals surface area contributed by atoms with Crippen LogP contribution in [-0.4, -0.2) is 31.7 Å². The van der Waals surface area contributed by atoms with Crippen LogP contribution >= 0.6 is 0 Å². The largest absolute Gasteiger partial charge is 0.385 e. The fourth-order valence-corrected chi connectivity index (χ4v) is 3.03. The van der Waals surface area contributed by atoms with Crippen LogP contribution in [0.2, 0.25) is 0 Å². The zero-order valence-electron chi connectivity index (χ0n) is 13.0. The third-order valence-electron chi connectivity index (χ3n) is 4.96. The van der Waals surface area contributed by atoms with Crippen LogP contribution in [0, 0.1) is 17.3 Å². The molecule has 0 spiro atoms. The standard InChI is InChI=1S/C15H30N2O2/c1-10(8-9-19-5)17-14(18)12-6-7-13(16)11(2)15(12,3)4/h10-13H,6-9,16H2,1-5H3,(H,17,18). The van der Waals surface area contributed by atoms with E-state index < -0.39 is 0 Å². The molecule has 19 heavy (non-hydrogen) atoms. The van der Waals surface area contributed by atoms with Crippen LogP contribution in [0.4, 0.5) is 0 Å². The lowest BCUT2D eigenvalue weighted by Crippen LogP contribution is -2.52. The molecule has 0 aromatic heterocycles. The molecule has 0 heterocycles. The fraction of sp³-hybridized carbons (Fsp3) is 0.933. The molecule has 4 unspecified atom stereocenters. The Morgan fingerprint density at radius 2 is 2.11 bits per heavy atom. The second-order valence-electron chi connectivity index (χ2n) is 6.59. The van der Waals surface area contributed by atoms with Crippen molar-refractivity contribution in [2.45, 2.75) is 59.0 Å². The van der Waals surface area contributed by atoms with Crippen LogP contribution in [0.15, 0.2) is 0 Å². The monoisotopic (exact) mass is 270 g/mol. The molecular weight excluding hydrogens is 240 g/mol. The minimum Gasteiger partial charge on any atom is -0.385 e. The SMILES string of the molecule is COCCC(C)NC(=O)C1CCC(N)C(C)C1(C)C. The van der Waals surface area contributed by atoms with Gasteiger partial charge in [0.1, 0.15) is 0 Å². The van der Waals surface area contributed by atoms with Crippen molar-refractivity contribution in [3.05, 3.63) is 0 Å². The van der Waals surface area contributed by atoms with E-state index in [4.69, 9.17) is 10.5 Å². The maximum Gasteiger partial charge on any atom is 0.223 e. The first-order valence-electron chi connectivity index (χ1n) is 7.35. The number of carbonyl (C=O) groups excluding carboxylic acids is 1. The van der Waals surface area contributed by atoms with Crippen molar-refractivity contribution in [2.24, 2.45) is 23.0 Å². The number of nitrogens with two attached hydrogens (primary N) is 1. The van der Waals surface area contributed by atoms with E-state index in [2.05, 4.69) is 26.1 Å². The summed E-state index contributed by atoms with van der Waals surface area (Å²) in [7, 11) is 1.68. The van der Waals surface area contributed by atoms with Gasteiger partial charge < -0.3 is 15.8 Å². The van der Waals surface area contributed by atoms with Gasteiger partial charge in [-0.3, -0.25) is 4.79 Å². The van der Waals surface area contributed by atoms with E-state index in [0.717, 1.165) is 19.3 Å². The molecule has 0 aromatic rings. The van der Waals surface area contributed by atoms with Crippen molar-refractivity contribution < 1.29 is 9.53 Å². The van der Waals surface area contributed by atoms with Gasteiger partial charge in [0.15, 0.2) is 0 Å². The zero-order valence-corrected chi connectivity index (χ0v) is 13.0. The number of rotatable bonds is 5. The van der Waals surface area contributed by atoms with Gasteiger partial charge in [0, 0.05) is 31.7 Å². The zero-order chi connectivity index (χ0) is 14.6. The summed E-state index contributed by atoms with van der Waals surface area (Å²) >= 11 is 0. The summed E-state index contributed by atoms with van der Waals surface area (Å²) < 4.78 is 5.04. The first-order chi connectivity index (χ1) is 8.80. The van der Waals surface area contributed by atoms with E-state index in [-0.39, 0.29) is 29.3 Å². The summed E-state index contributed by atoms with van der Waals surface area (Å²) in [5, 5.41) is 3.12. The molecule has 4 heteroatoms. The van der Waals surface area contributed by atoms with Crippen LogP contribution in [0.25, 0.3) is 0 Å². The highest BCUT2D eigenvalue weighted by Gasteiger charge is 2.45.